The van der Waals surface area contributed by atoms with Crippen molar-refractivity contribution in [1.82, 2.24) is 0 Å². The van der Waals surface area contributed by atoms with E-state index in [9.17, 15) is 4.79 Å². The van der Waals surface area contributed by atoms with Crippen LogP contribution in [0.3, 0.4) is 0 Å². The van der Waals surface area contributed by atoms with Gasteiger partial charge in [0.2, 0.25) is 0 Å². The van der Waals surface area contributed by atoms with Crippen molar-refractivity contribution in [3.63, 3.8) is 0 Å². The number of hydrogen-bond donors (Lipinski definition) is 3. The molecule has 4 N–H and O–H groups in total. The molecule has 0 saturated heterocycles. The first kappa shape index (κ1) is 14.8. The maximum absolute atomic E-state index is 12.3. The fourth-order valence-corrected chi connectivity index (χ4v) is 2.30. The number of benzene rings is 2. The van der Waals surface area contributed by atoms with Crippen LogP contribution in [-0.2, 0) is 0 Å². The second kappa shape index (κ2) is 6.26. The molecule has 0 atom stereocenters. The van der Waals surface area contributed by atoms with E-state index in [1.165, 1.54) is 0 Å². The molecule has 6 heteroatoms. The molecule has 0 aliphatic rings. The second-order valence-corrected chi connectivity index (χ2v) is 5.49. The van der Waals surface area contributed by atoms with Crippen molar-refractivity contribution in [2.24, 2.45) is 5.84 Å². The van der Waals surface area contributed by atoms with Crippen molar-refractivity contribution in [3.8, 4) is 0 Å². The Balaban J connectivity index is 2.33. The molecule has 0 heterocycles. The van der Waals surface area contributed by atoms with Gasteiger partial charge in [-0.25, -0.2) is 0 Å². The van der Waals surface area contributed by atoms with Crippen molar-refractivity contribution < 1.29 is 4.79 Å². The summed E-state index contributed by atoms with van der Waals surface area (Å²) in [6.07, 6.45) is 0. The Hall–Kier alpha value is -1.56. The van der Waals surface area contributed by atoms with Crippen LogP contribution in [0.25, 0.3) is 0 Å². The highest BCUT2D eigenvalue weighted by Gasteiger charge is 2.13. The summed E-state index contributed by atoms with van der Waals surface area (Å²) < 4.78 is 0.929. The van der Waals surface area contributed by atoms with E-state index in [1.54, 1.807) is 18.2 Å². The second-order valence-electron chi connectivity index (χ2n) is 4.20. The number of nitrogens with two attached hydrogens (primary N) is 1. The average Bonchev–Trinajstić information content (AvgIpc) is 2.43. The third-order valence-electron chi connectivity index (χ3n) is 2.90. The van der Waals surface area contributed by atoms with Gasteiger partial charge in [-0.2, -0.15) is 0 Å². The molecule has 0 aliphatic heterocycles. The van der Waals surface area contributed by atoms with Crippen molar-refractivity contribution in [1.29, 1.82) is 0 Å². The SMILES string of the molecule is Cc1c(Br)cccc1NC(=O)c1cc(Cl)ccc1NN. The average molecular weight is 355 g/mol. The number of nitrogen functional groups attached to an aromatic ring is 1. The van der Waals surface area contributed by atoms with E-state index in [2.05, 4.69) is 26.7 Å². The van der Waals surface area contributed by atoms with Gasteiger partial charge in [-0.3, -0.25) is 10.6 Å². The molecule has 20 heavy (non-hydrogen) atoms. The first-order valence-electron chi connectivity index (χ1n) is 5.85. The molecule has 0 aliphatic carbocycles. The molecule has 2 aromatic carbocycles. The van der Waals surface area contributed by atoms with Crippen LogP contribution in [-0.4, -0.2) is 5.91 Å². The number of rotatable bonds is 3. The van der Waals surface area contributed by atoms with E-state index < -0.39 is 0 Å². The Morgan fingerprint density at radius 3 is 2.70 bits per heavy atom. The summed E-state index contributed by atoms with van der Waals surface area (Å²) in [6, 6.07) is 10.5. The maximum atomic E-state index is 12.3. The number of carbonyl (C=O) groups is 1. The number of anilines is 2. The van der Waals surface area contributed by atoms with Crippen molar-refractivity contribution in [2.45, 2.75) is 6.92 Å². The summed E-state index contributed by atoms with van der Waals surface area (Å²) >= 11 is 9.35. The van der Waals surface area contributed by atoms with E-state index in [-0.39, 0.29) is 5.91 Å². The highest BCUT2D eigenvalue weighted by atomic mass is 79.9. The summed E-state index contributed by atoms with van der Waals surface area (Å²) in [5.41, 5.74) is 5.07. The van der Waals surface area contributed by atoms with Crippen LogP contribution in [0.4, 0.5) is 11.4 Å². The molecule has 2 aromatic rings. The lowest BCUT2D eigenvalue weighted by molar-refractivity contribution is 0.102. The third-order valence-corrected chi connectivity index (χ3v) is 3.99. The van der Waals surface area contributed by atoms with Gasteiger partial charge < -0.3 is 10.7 Å². The molecule has 0 unspecified atom stereocenters. The molecule has 0 fully saturated rings. The van der Waals surface area contributed by atoms with Gasteiger partial charge in [-0.1, -0.05) is 33.6 Å². The Kier molecular flexibility index (Phi) is 4.65. The maximum Gasteiger partial charge on any atom is 0.257 e. The first-order chi connectivity index (χ1) is 9.52. The number of amides is 1. The summed E-state index contributed by atoms with van der Waals surface area (Å²) in [7, 11) is 0. The first-order valence-corrected chi connectivity index (χ1v) is 7.02. The lowest BCUT2D eigenvalue weighted by atomic mass is 10.1. The van der Waals surface area contributed by atoms with Crippen LogP contribution in [0.2, 0.25) is 5.02 Å². The van der Waals surface area contributed by atoms with Crippen LogP contribution >= 0.6 is 27.5 Å². The van der Waals surface area contributed by atoms with Gasteiger partial charge in [-0.15, -0.1) is 0 Å². The fraction of sp³-hybridized carbons (Fsp3) is 0.0714. The number of nitrogens with one attached hydrogen (secondary N) is 2. The zero-order valence-electron chi connectivity index (χ0n) is 10.7. The smallest absolute Gasteiger partial charge is 0.257 e. The van der Waals surface area contributed by atoms with Gasteiger partial charge >= 0.3 is 0 Å². The topological polar surface area (TPSA) is 67.2 Å². The van der Waals surface area contributed by atoms with E-state index in [0.717, 1.165) is 15.7 Å². The Morgan fingerprint density at radius 2 is 2.00 bits per heavy atom. The van der Waals surface area contributed by atoms with Crippen molar-refractivity contribution >= 4 is 44.8 Å². The van der Waals surface area contributed by atoms with E-state index in [1.807, 2.05) is 25.1 Å². The number of hydrogen-bond acceptors (Lipinski definition) is 3. The number of carbonyl (C=O) groups excluding carboxylic acids is 1. The summed E-state index contributed by atoms with van der Waals surface area (Å²) in [5, 5.41) is 3.32. The Labute approximate surface area is 130 Å². The molecule has 0 aromatic heterocycles. The van der Waals surface area contributed by atoms with Gasteiger partial charge in [0.05, 0.1) is 11.3 Å². The van der Waals surface area contributed by atoms with Gasteiger partial charge in [0.15, 0.2) is 0 Å². The minimum absolute atomic E-state index is 0.276. The third kappa shape index (κ3) is 3.12. The van der Waals surface area contributed by atoms with Crippen molar-refractivity contribution in [3.05, 3.63) is 57.0 Å². The van der Waals surface area contributed by atoms with Gasteiger partial charge in [0.1, 0.15) is 0 Å². The molecule has 4 nitrogen and oxygen atoms in total. The van der Waals surface area contributed by atoms with Crippen molar-refractivity contribution in [2.75, 3.05) is 10.7 Å². The van der Waals surface area contributed by atoms with E-state index >= 15 is 0 Å². The number of hydrazine groups is 1. The van der Waals surface area contributed by atoms with Gasteiger partial charge in [-0.05, 0) is 42.8 Å². The zero-order chi connectivity index (χ0) is 14.7. The van der Waals surface area contributed by atoms with E-state index in [0.29, 0.717) is 16.3 Å². The highest BCUT2D eigenvalue weighted by Crippen LogP contribution is 2.25. The highest BCUT2D eigenvalue weighted by molar-refractivity contribution is 9.10. The molecule has 0 bridgehead atoms. The standard InChI is InChI=1S/C14H13BrClN3O/c1-8-11(15)3-2-4-12(8)18-14(20)10-7-9(16)5-6-13(10)19-17/h2-7,19H,17H2,1H3,(H,18,20). The fourth-order valence-electron chi connectivity index (χ4n) is 1.76. The lowest BCUT2D eigenvalue weighted by Gasteiger charge is -2.12. The van der Waals surface area contributed by atoms with Gasteiger partial charge in [0.25, 0.3) is 5.91 Å². The van der Waals surface area contributed by atoms with Gasteiger partial charge in [0, 0.05) is 15.2 Å². The van der Waals surface area contributed by atoms with Crippen LogP contribution in [0.5, 0.6) is 0 Å². The molecular weight excluding hydrogens is 342 g/mol. The predicted octanol–water partition coefficient (Wildman–Crippen LogP) is 3.95. The zero-order valence-corrected chi connectivity index (χ0v) is 13.0. The molecule has 2 rings (SSSR count). The minimum Gasteiger partial charge on any atom is -0.323 e. The van der Waals surface area contributed by atoms with Crippen LogP contribution in [0, 0.1) is 6.92 Å². The summed E-state index contributed by atoms with van der Waals surface area (Å²) in [5.74, 6) is 5.13. The monoisotopic (exact) mass is 353 g/mol. The molecule has 0 radical (unpaired) electrons. The molecule has 104 valence electrons. The predicted molar refractivity (Wildman–Crippen MR) is 86.1 cm³/mol. The normalized spacial score (nSPS) is 10.2. The largest absolute Gasteiger partial charge is 0.323 e. The molecule has 1 amide bonds. The molecule has 0 saturated carbocycles. The summed E-state index contributed by atoms with van der Waals surface area (Å²) in [6.45, 7) is 1.92. The van der Waals surface area contributed by atoms with E-state index in [4.69, 9.17) is 17.4 Å². The molecule has 0 spiro atoms. The Morgan fingerprint density at radius 1 is 1.25 bits per heavy atom. The lowest BCUT2D eigenvalue weighted by Crippen LogP contribution is -2.17. The quantitative estimate of drug-likeness (QED) is 0.577. The summed E-state index contributed by atoms with van der Waals surface area (Å²) in [4.78, 5) is 12.3. The van der Waals surface area contributed by atoms with Crippen LogP contribution < -0.4 is 16.6 Å². The number of halogens is 2. The van der Waals surface area contributed by atoms with Crippen LogP contribution in [0.1, 0.15) is 15.9 Å². The minimum atomic E-state index is -0.276. The van der Waals surface area contributed by atoms with Crippen LogP contribution in [0.15, 0.2) is 40.9 Å². The Bertz CT molecular complexity index is 661. The molecular formula is C14H13BrClN3O.